The smallest absolute Gasteiger partial charge is 0.220 e. The fourth-order valence-corrected chi connectivity index (χ4v) is 4.54. The van der Waals surface area contributed by atoms with E-state index in [1.165, 1.54) is 16.7 Å². The minimum Gasteiger partial charge on any atom is -0.497 e. The molecule has 1 amide bonds. The molecule has 0 spiro atoms. The summed E-state index contributed by atoms with van der Waals surface area (Å²) in [7, 11) is 1.65. The minimum atomic E-state index is -0.127. The van der Waals surface area contributed by atoms with E-state index in [2.05, 4.69) is 43.1 Å². The van der Waals surface area contributed by atoms with Gasteiger partial charge in [-0.2, -0.15) is 0 Å². The van der Waals surface area contributed by atoms with Gasteiger partial charge in [-0.1, -0.05) is 73.0 Å². The molecule has 1 atom stereocenters. The van der Waals surface area contributed by atoms with Gasteiger partial charge in [0.05, 0.1) is 13.2 Å². The zero-order valence-electron chi connectivity index (χ0n) is 21.5. The van der Waals surface area contributed by atoms with Gasteiger partial charge in [0.1, 0.15) is 5.75 Å². The molecular formula is C30H35ClN2O2. The monoisotopic (exact) mass is 490 g/mol. The molecule has 4 aromatic rings. The van der Waals surface area contributed by atoms with Crippen molar-refractivity contribution in [3.05, 3.63) is 99.7 Å². The number of methoxy groups -OCH3 is 1. The van der Waals surface area contributed by atoms with E-state index in [4.69, 9.17) is 16.3 Å². The van der Waals surface area contributed by atoms with Gasteiger partial charge in [-0.15, -0.1) is 0 Å². The van der Waals surface area contributed by atoms with Gasteiger partial charge < -0.3 is 14.6 Å². The van der Waals surface area contributed by atoms with E-state index in [0.717, 1.165) is 39.4 Å². The number of carbonyl (C=O) groups is 1. The van der Waals surface area contributed by atoms with Crippen LogP contribution in [0.15, 0.2) is 66.7 Å². The van der Waals surface area contributed by atoms with Crippen LogP contribution in [0.2, 0.25) is 5.02 Å². The molecule has 0 bridgehead atoms. The highest BCUT2D eigenvalue weighted by Gasteiger charge is 2.33. The number of carbonyl (C=O) groups excluding carboxylic acids is 1. The van der Waals surface area contributed by atoms with Crippen LogP contribution in [0.4, 0.5) is 0 Å². The van der Waals surface area contributed by atoms with Crippen molar-refractivity contribution in [2.24, 2.45) is 0 Å². The molecule has 0 saturated heterocycles. The van der Waals surface area contributed by atoms with E-state index in [1.54, 1.807) is 14.0 Å². The van der Waals surface area contributed by atoms with Crippen molar-refractivity contribution in [3.8, 4) is 5.75 Å². The van der Waals surface area contributed by atoms with Crippen molar-refractivity contribution < 1.29 is 9.53 Å². The maximum atomic E-state index is 12.3. The van der Waals surface area contributed by atoms with Gasteiger partial charge in [-0.05, 0) is 61.7 Å². The Bertz CT molecular complexity index is 1240. The second kappa shape index (κ2) is 11.9. The van der Waals surface area contributed by atoms with Crippen LogP contribution in [0.25, 0.3) is 10.9 Å². The number of hydrogen-bond acceptors (Lipinski definition) is 2. The van der Waals surface area contributed by atoms with Crippen LogP contribution in [-0.2, 0) is 11.2 Å². The molecule has 0 fully saturated rings. The molecule has 1 aliphatic rings. The van der Waals surface area contributed by atoms with Crippen LogP contribution in [-0.4, -0.2) is 29.4 Å². The minimum absolute atomic E-state index is 0.0724. The highest BCUT2D eigenvalue weighted by Crippen LogP contribution is 2.39. The van der Waals surface area contributed by atoms with E-state index in [1.807, 2.05) is 61.2 Å². The molecule has 1 unspecified atom stereocenters. The molecule has 2 heterocycles. The summed E-state index contributed by atoms with van der Waals surface area (Å²) >= 11 is 6.19. The highest BCUT2D eigenvalue weighted by atomic mass is 35.5. The van der Waals surface area contributed by atoms with E-state index < -0.39 is 0 Å². The number of halogens is 1. The molecule has 0 aliphatic carbocycles. The SMILES string of the molecule is CC.COc1ccc(C2c3[nH]c4ccc(Cl)cc4c3CCN2C(C)=O)cc1.Cc1ccc(C)cc1. The van der Waals surface area contributed by atoms with Crippen LogP contribution < -0.4 is 4.74 Å². The number of aromatic nitrogens is 1. The van der Waals surface area contributed by atoms with Gasteiger partial charge in [0.25, 0.3) is 0 Å². The predicted molar refractivity (Wildman–Crippen MR) is 147 cm³/mol. The molecule has 3 aromatic carbocycles. The number of ether oxygens (including phenoxy) is 1. The summed E-state index contributed by atoms with van der Waals surface area (Å²) in [5.41, 5.74) is 7.10. The first-order chi connectivity index (χ1) is 16.9. The van der Waals surface area contributed by atoms with Gasteiger partial charge >= 0.3 is 0 Å². The summed E-state index contributed by atoms with van der Waals surface area (Å²) in [6, 6.07) is 22.1. The summed E-state index contributed by atoms with van der Waals surface area (Å²) in [5.74, 6) is 0.876. The summed E-state index contributed by atoms with van der Waals surface area (Å²) in [6.45, 7) is 10.5. The quantitative estimate of drug-likeness (QED) is 0.313. The van der Waals surface area contributed by atoms with Crippen LogP contribution in [0.5, 0.6) is 5.75 Å². The number of fused-ring (bicyclic) bond motifs is 3. The van der Waals surface area contributed by atoms with Crippen LogP contribution in [0.3, 0.4) is 0 Å². The first-order valence-electron chi connectivity index (χ1n) is 12.1. The van der Waals surface area contributed by atoms with Gasteiger partial charge in [0, 0.05) is 35.1 Å². The normalized spacial score (nSPS) is 14.3. The number of benzene rings is 3. The summed E-state index contributed by atoms with van der Waals surface area (Å²) < 4.78 is 5.26. The third kappa shape index (κ3) is 6.07. The topological polar surface area (TPSA) is 45.3 Å². The fourth-order valence-electron chi connectivity index (χ4n) is 4.37. The Morgan fingerprint density at radius 1 is 0.971 bits per heavy atom. The number of nitrogens with one attached hydrogen (secondary N) is 1. The van der Waals surface area contributed by atoms with Gasteiger partial charge in [-0.25, -0.2) is 0 Å². The van der Waals surface area contributed by atoms with Crippen molar-refractivity contribution in [1.82, 2.24) is 9.88 Å². The first kappa shape index (κ1) is 26.4. The van der Waals surface area contributed by atoms with Crippen molar-refractivity contribution in [1.29, 1.82) is 0 Å². The molecular weight excluding hydrogens is 456 g/mol. The number of nitrogens with zero attached hydrogens (tertiary/aromatic N) is 1. The second-order valence-electron chi connectivity index (χ2n) is 8.50. The Kier molecular flexibility index (Phi) is 9.00. The first-order valence-corrected chi connectivity index (χ1v) is 12.5. The zero-order chi connectivity index (χ0) is 25.5. The van der Waals surface area contributed by atoms with Crippen molar-refractivity contribution in [3.63, 3.8) is 0 Å². The Balaban J connectivity index is 0.000000289. The lowest BCUT2D eigenvalue weighted by molar-refractivity contribution is -0.130. The summed E-state index contributed by atoms with van der Waals surface area (Å²) in [4.78, 5) is 17.7. The van der Waals surface area contributed by atoms with Gasteiger partial charge in [0.15, 0.2) is 0 Å². The van der Waals surface area contributed by atoms with Crippen LogP contribution in [0, 0.1) is 13.8 Å². The number of amides is 1. The van der Waals surface area contributed by atoms with E-state index >= 15 is 0 Å². The molecule has 184 valence electrons. The lowest BCUT2D eigenvalue weighted by Crippen LogP contribution is -2.39. The zero-order valence-corrected chi connectivity index (χ0v) is 22.2. The fraction of sp³-hybridized carbons (Fsp3) is 0.300. The van der Waals surface area contributed by atoms with Crippen molar-refractivity contribution in [2.45, 2.75) is 47.1 Å². The standard InChI is InChI=1S/C20H19ClN2O2.C8H10.C2H6/c1-12(24)23-10-9-16-17-11-14(21)5-8-18(17)22-19(16)20(23)13-3-6-15(25-2)7-4-13;1-7-3-5-8(2)6-4-7;1-2/h3-8,11,20,22H,9-10H2,1-2H3;3-6H,1-2H3;1-2H3. The largest absolute Gasteiger partial charge is 0.497 e. The Labute approximate surface area is 213 Å². The maximum absolute atomic E-state index is 12.3. The van der Waals surface area contributed by atoms with Crippen LogP contribution >= 0.6 is 11.6 Å². The lowest BCUT2D eigenvalue weighted by Gasteiger charge is -2.35. The molecule has 0 radical (unpaired) electrons. The van der Waals surface area contributed by atoms with Gasteiger partial charge in [-0.3, -0.25) is 4.79 Å². The third-order valence-corrected chi connectivity index (χ3v) is 6.38. The molecule has 35 heavy (non-hydrogen) atoms. The average molecular weight is 491 g/mol. The Morgan fingerprint density at radius 3 is 2.11 bits per heavy atom. The van der Waals surface area contributed by atoms with Crippen LogP contribution in [0.1, 0.15) is 54.8 Å². The molecule has 0 saturated carbocycles. The molecule has 5 heteroatoms. The third-order valence-electron chi connectivity index (χ3n) is 6.14. The molecule has 1 aromatic heterocycles. The number of rotatable bonds is 2. The number of H-pyrrole nitrogens is 1. The summed E-state index contributed by atoms with van der Waals surface area (Å²) in [6.07, 6.45) is 0.821. The average Bonchev–Trinajstić information content (AvgIpc) is 3.24. The second-order valence-corrected chi connectivity index (χ2v) is 8.94. The molecule has 5 rings (SSSR count). The van der Waals surface area contributed by atoms with E-state index in [-0.39, 0.29) is 11.9 Å². The molecule has 1 aliphatic heterocycles. The lowest BCUT2D eigenvalue weighted by atomic mass is 9.92. The van der Waals surface area contributed by atoms with E-state index in [0.29, 0.717) is 6.54 Å². The van der Waals surface area contributed by atoms with Gasteiger partial charge in [0.2, 0.25) is 5.91 Å². The highest BCUT2D eigenvalue weighted by molar-refractivity contribution is 6.31. The number of aromatic amines is 1. The Morgan fingerprint density at radius 2 is 1.57 bits per heavy atom. The Hall–Kier alpha value is -3.24. The predicted octanol–water partition coefficient (Wildman–Crippen LogP) is 7.65. The molecule has 4 nitrogen and oxygen atoms in total. The maximum Gasteiger partial charge on any atom is 0.220 e. The number of hydrogen-bond donors (Lipinski definition) is 1. The number of aryl methyl sites for hydroxylation is 2. The van der Waals surface area contributed by atoms with Crippen molar-refractivity contribution >= 4 is 28.4 Å². The van der Waals surface area contributed by atoms with E-state index in [9.17, 15) is 4.79 Å². The molecule has 1 N–H and O–H groups in total. The van der Waals surface area contributed by atoms with Crippen molar-refractivity contribution in [2.75, 3.05) is 13.7 Å². The summed E-state index contributed by atoms with van der Waals surface area (Å²) in [5, 5.41) is 1.87.